The first-order chi connectivity index (χ1) is 7.65. The number of aromatic amines is 1. The van der Waals surface area contributed by atoms with Crippen LogP contribution in [0.4, 0.5) is 5.69 Å². The van der Waals surface area contributed by atoms with E-state index in [1.807, 2.05) is 20.8 Å². The first-order valence-corrected chi connectivity index (χ1v) is 5.54. The third-order valence-corrected chi connectivity index (χ3v) is 2.21. The van der Waals surface area contributed by atoms with Crippen molar-refractivity contribution in [1.29, 1.82) is 0 Å². The highest BCUT2D eigenvalue weighted by atomic mass is 16.5. The van der Waals surface area contributed by atoms with Gasteiger partial charge in [0.1, 0.15) is 0 Å². The molecule has 0 fully saturated rings. The lowest BCUT2D eigenvalue weighted by Gasteiger charge is -2.05. The standard InChI is InChI=1S/C11H19N3O2/c1-4-6-16-7-5-10(15)12-11-8(2)13-14-9(11)3/h4-7H2,1-3H3,(H,12,15)(H,13,14). The van der Waals surface area contributed by atoms with Crippen LogP contribution in [0.1, 0.15) is 31.2 Å². The molecule has 0 spiro atoms. The molecule has 0 atom stereocenters. The van der Waals surface area contributed by atoms with Gasteiger partial charge in [0.2, 0.25) is 5.91 Å². The predicted molar refractivity (Wildman–Crippen MR) is 62.4 cm³/mol. The Morgan fingerprint density at radius 2 is 2.19 bits per heavy atom. The largest absolute Gasteiger partial charge is 0.381 e. The summed E-state index contributed by atoms with van der Waals surface area (Å²) in [4.78, 5) is 11.5. The number of nitrogens with zero attached hydrogens (tertiary/aromatic N) is 1. The number of aromatic nitrogens is 2. The first kappa shape index (κ1) is 12.7. The number of nitrogens with one attached hydrogen (secondary N) is 2. The number of hydrogen-bond acceptors (Lipinski definition) is 3. The molecule has 0 aliphatic rings. The Morgan fingerprint density at radius 3 is 2.75 bits per heavy atom. The van der Waals surface area contributed by atoms with Crippen LogP contribution in [0.15, 0.2) is 0 Å². The van der Waals surface area contributed by atoms with E-state index in [9.17, 15) is 4.79 Å². The maximum absolute atomic E-state index is 11.5. The van der Waals surface area contributed by atoms with Gasteiger partial charge in [-0.3, -0.25) is 9.89 Å². The van der Waals surface area contributed by atoms with Crippen LogP contribution in [0, 0.1) is 13.8 Å². The van der Waals surface area contributed by atoms with E-state index in [1.165, 1.54) is 0 Å². The summed E-state index contributed by atoms with van der Waals surface area (Å²) in [5.41, 5.74) is 2.46. The van der Waals surface area contributed by atoms with Crippen LogP contribution in [0.3, 0.4) is 0 Å². The number of rotatable bonds is 6. The summed E-state index contributed by atoms with van der Waals surface area (Å²) in [6.45, 7) is 6.95. The zero-order chi connectivity index (χ0) is 12.0. The number of anilines is 1. The fourth-order valence-electron chi connectivity index (χ4n) is 1.35. The smallest absolute Gasteiger partial charge is 0.226 e. The van der Waals surface area contributed by atoms with Crippen molar-refractivity contribution >= 4 is 11.6 Å². The molecule has 0 radical (unpaired) electrons. The number of aryl methyl sites for hydroxylation is 2. The van der Waals surface area contributed by atoms with Gasteiger partial charge in [-0.05, 0) is 20.3 Å². The zero-order valence-corrected chi connectivity index (χ0v) is 10.1. The van der Waals surface area contributed by atoms with Gasteiger partial charge in [0, 0.05) is 6.61 Å². The SMILES string of the molecule is CCCOCCC(=O)Nc1c(C)n[nH]c1C. The molecule has 1 amide bonds. The van der Waals surface area contributed by atoms with Crippen LogP contribution in [0.25, 0.3) is 0 Å². The van der Waals surface area contributed by atoms with Gasteiger partial charge >= 0.3 is 0 Å². The van der Waals surface area contributed by atoms with Gasteiger partial charge in [0.25, 0.3) is 0 Å². The van der Waals surface area contributed by atoms with Crippen molar-refractivity contribution in [3.63, 3.8) is 0 Å². The Morgan fingerprint density at radius 1 is 1.44 bits per heavy atom. The van der Waals surface area contributed by atoms with Gasteiger partial charge in [-0.15, -0.1) is 0 Å². The van der Waals surface area contributed by atoms with Crippen molar-refractivity contribution in [2.45, 2.75) is 33.6 Å². The van der Waals surface area contributed by atoms with Crippen molar-refractivity contribution < 1.29 is 9.53 Å². The third kappa shape index (κ3) is 3.66. The Balaban J connectivity index is 2.34. The lowest BCUT2D eigenvalue weighted by molar-refractivity contribution is -0.117. The molecule has 0 aliphatic carbocycles. The van der Waals surface area contributed by atoms with Crippen LogP contribution >= 0.6 is 0 Å². The number of ether oxygens (including phenoxy) is 1. The van der Waals surface area contributed by atoms with Gasteiger partial charge in [0.15, 0.2) is 0 Å². The van der Waals surface area contributed by atoms with E-state index in [4.69, 9.17) is 4.74 Å². The molecule has 5 heteroatoms. The van der Waals surface area contributed by atoms with Gasteiger partial charge < -0.3 is 10.1 Å². The molecule has 90 valence electrons. The molecule has 0 saturated carbocycles. The molecule has 16 heavy (non-hydrogen) atoms. The van der Waals surface area contributed by atoms with Crippen LogP contribution in [0.5, 0.6) is 0 Å². The maximum Gasteiger partial charge on any atom is 0.226 e. The maximum atomic E-state index is 11.5. The minimum absolute atomic E-state index is 0.0382. The monoisotopic (exact) mass is 225 g/mol. The second kappa shape index (κ2) is 6.27. The predicted octanol–water partition coefficient (Wildman–Crippen LogP) is 1.78. The number of H-pyrrole nitrogens is 1. The summed E-state index contributed by atoms with van der Waals surface area (Å²) < 4.78 is 5.25. The second-order valence-electron chi connectivity index (χ2n) is 3.72. The molecule has 1 rings (SSSR count). The summed E-state index contributed by atoms with van der Waals surface area (Å²) in [7, 11) is 0. The van der Waals surface area contributed by atoms with E-state index < -0.39 is 0 Å². The van der Waals surface area contributed by atoms with Crippen LogP contribution in [-0.2, 0) is 9.53 Å². The van der Waals surface area contributed by atoms with Crippen LogP contribution in [-0.4, -0.2) is 29.3 Å². The van der Waals surface area contributed by atoms with Gasteiger partial charge in [-0.1, -0.05) is 6.92 Å². The average molecular weight is 225 g/mol. The minimum Gasteiger partial charge on any atom is -0.381 e. The van der Waals surface area contributed by atoms with E-state index in [0.717, 1.165) is 23.5 Å². The Hall–Kier alpha value is -1.36. The fraction of sp³-hybridized carbons (Fsp3) is 0.636. The van der Waals surface area contributed by atoms with Crippen molar-refractivity contribution in [2.75, 3.05) is 18.5 Å². The van der Waals surface area contributed by atoms with E-state index >= 15 is 0 Å². The second-order valence-corrected chi connectivity index (χ2v) is 3.72. The quantitative estimate of drug-likeness (QED) is 0.725. The van der Waals surface area contributed by atoms with E-state index in [2.05, 4.69) is 15.5 Å². The summed E-state index contributed by atoms with van der Waals surface area (Å²) in [6.07, 6.45) is 1.35. The Labute approximate surface area is 95.6 Å². The van der Waals surface area contributed by atoms with Crippen molar-refractivity contribution in [1.82, 2.24) is 10.2 Å². The van der Waals surface area contributed by atoms with Crippen LogP contribution in [0.2, 0.25) is 0 Å². The molecule has 0 saturated heterocycles. The number of hydrogen-bond donors (Lipinski definition) is 2. The number of carbonyl (C=O) groups excluding carboxylic acids is 1. The summed E-state index contributed by atoms with van der Waals surface area (Å²) in [5, 5.41) is 9.65. The lowest BCUT2D eigenvalue weighted by atomic mass is 10.3. The normalized spacial score (nSPS) is 10.4. The molecule has 2 N–H and O–H groups in total. The molecule has 1 aromatic heterocycles. The van der Waals surface area contributed by atoms with Crippen molar-refractivity contribution in [2.24, 2.45) is 0 Å². The fourth-order valence-corrected chi connectivity index (χ4v) is 1.35. The van der Waals surface area contributed by atoms with Crippen molar-refractivity contribution in [3.8, 4) is 0 Å². The molecule has 0 bridgehead atoms. The molecule has 0 aromatic carbocycles. The van der Waals surface area contributed by atoms with Gasteiger partial charge in [0.05, 0.1) is 30.1 Å². The molecular formula is C11H19N3O2. The van der Waals surface area contributed by atoms with Crippen molar-refractivity contribution in [3.05, 3.63) is 11.4 Å². The Bertz CT molecular complexity index is 327. The summed E-state index contributed by atoms with van der Waals surface area (Å²) >= 11 is 0. The first-order valence-electron chi connectivity index (χ1n) is 5.54. The molecule has 5 nitrogen and oxygen atoms in total. The van der Waals surface area contributed by atoms with E-state index in [0.29, 0.717) is 19.6 Å². The van der Waals surface area contributed by atoms with E-state index in [-0.39, 0.29) is 5.91 Å². The number of carbonyl (C=O) groups is 1. The molecular weight excluding hydrogens is 206 g/mol. The minimum atomic E-state index is -0.0382. The highest BCUT2D eigenvalue weighted by Crippen LogP contribution is 2.15. The molecule has 0 aliphatic heterocycles. The topological polar surface area (TPSA) is 67.0 Å². The molecule has 1 heterocycles. The third-order valence-electron chi connectivity index (χ3n) is 2.21. The average Bonchev–Trinajstić information content (AvgIpc) is 2.56. The summed E-state index contributed by atoms with van der Waals surface area (Å²) in [6, 6.07) is 0. The highest BCUT2D eigenvalue weighted by Gasteiger charge is 2.09. The Kier molecular flexibility index (Phi) is 4.98. The van der Waals surface area contributed by atoms with Crippen LogP contribution < -0.4 is 5.32 Å². The van der Waals surface area contributed by atoms with E-state index in [1.54, 1.807) is 0 Å². The van der Waals surface area contributed by atoms with Gasteiger partial charge in [-0.25, -0.2) is 0 Å². The highest BCUT2D eigenvalue weighted by molar-refractivity contribution is 5.91. The lowest BCUT2D eigenvalue weighted by Crippen LogP contribution is -2.15. The molecule has 0 unspecified atom stereocenters. The summed E-state index contributed by atoms with van der Waals surface area (Å²) in [5.74, 6) is -0.0382. The zero-order valence-electron chi connectivity index (χ0n) is 10.1. The molecule has 1 aromatic rings. The van der Waals surface area contributed by atoms with Gasteiger partial charge in [-0.2, -0.15) is 5.10 Å². The number of amides is 1.